The molecule has 1 fully saturated rings. The Hall–Kier alpha value is -3.41. The quantitative estimate of drug-likeness (QED) is 0.303. The molecule has 0 spiro atoms. The molecule has 1 saturated heterocycles. The van der Waals surface area contributed by atoms with Crippen LogP contribution in [-0.4, -0.2) is 27.9 Å². The molecule has 1 aliphatic carbocycles. The molecule has 180 valence electrons. The second-order valence-electron chi connectivity index (χ2n) is 10.7. The Morgan fingerprint density at radius 2 is 1.47 bits per heavy atom. The number of benzene rings is 3. The summed E-state index contributed by atoms with van der Waals surface area (Å²) < 4.78 is 14.9. The molecular weight excluding hydrogens is 443 g/mol. The summed E-state index contributed by atoms with van der Waals surface area (Å²) in [4.78, 5) is 5.05. The first kappa shape index (κ1) is 23.0. The van der Waals surface area contributed by atoms with E-state index >= 15 is 0 Å². The number of fused-ring (bicyclic) bond motifs is 1. The van der Waals surface area contributed by atoms with E-state index in [1.165, 1.54) is 5.70 Å². The van der Waals surface area contributed by atoms with Gasteiger partial charge in [-0.2, -0.15) is 0 Å². The van der Waals surface area contributed by atoms with Crippen molar-refractivity contribution in [3.63, 3.8) is 0 Å². The van der Waals surface area contributed by atoms with Gasteiger partial charge in [0.05, 0.1) is 22.2 Å². The molecule has 0 atom stereocenters. The topological polar surface area (TPSA) is 36.3 Å². The van der Waals surface area contributed by atoms with Crippen molar-refractivity contribution in [1.29, 1.82) is 0 Å². The van der Waals surface area contributed by atoms with Gasteiger partial charge in [0, 0.05) is 11.3 Å². The Labute approximate surface area is 213 Å². The number of imidazole rings is 1. The van der Waals surface area contributed by atoms with Gasteiger partial charge < -0.3 is 9.31 Å². The van der Waals surface area contributed by atoms with E-state index in [0.717, 1.165) is 51.9 Å². The Kier molecular flexibility index (Phi) is 5.51. The van der Waals surface area contributed by atoms with E-state index in [2.05, 4.69) is 117 Å². The van der Waals surface area contributed by atoms with Gasteiger partial charge in [-0.3, -0.25) is 4.57 Å². The molecule has 1 aromatic heterocycles. The van der Waals surface area contributed by atoms with Crippen LogP contribution in [0.3, 0.4) is 0 Å². The van der Waals surface area contributed by atoms with Crippen LogP contribution in [0.1, 0.15) is 40.5 Å². The average Bonchev–Trinajstić information content (AvgIpc) is 3.38. The van der Waals surface area contributed by atoms with Crippen LogP contribution in [0, 0.1) is 0 Å². The van der Waals surface area contributed by atoms with Gasteiger partial charge in [-0.15, -0.1) is 0 Å². The van der Waals surface area contributed by atoms with Crippen molar-refractivity contribution < 1.29 is 9.31 Å². The first-order valence-electron chi connectivity index (χ1n) is 12.7. The fraction of sp³-hybridized carbons (Fsp3) is 0.258. The zero-order valence-electron chi connectivity index (χ0n) is 21.4. The maximum atomic E-state index is 6.30. The van der Waals surface area contributed by atoms with Crippen LogP contribution < -0.4 is 5.46 Å². The SMILES string of the molecule is CC1(C)OB(c2cccc(-c3cccc(-c4nc5ccccc5n4C4=CCCC=C4)c3)c2)OC1(C)C. The zero-order chi connectivity index (χ0) is 24.9. The van der Waals surface area contributed by atoms with E-state index < -0.39 is 0 Å². The van der Waals surface area contributed by atoms with Crippen LogP contribution in [0.2, 0.25) is 0 Å². The third-order valence-corrected chi connectivity index (χ3v) is 7.66. The van der Waals surface area contributed by atoms with E-state index in [9.17, 15) is 0 Å². The van der Waals surface area contributed by atoms with Crippen molar-refractivity contribution in [3.05, 3.63) is 91.0 Å². The van der Waals surface area contributed by atoms with Crippen LogP contribution >= 0.6 is 0 Å². The monoisotopic (exact) mass is 474 g/mol. The maximum Gasteiger partial charge on any atom is 0.494 e. The third kappa shape index (κ3) is 3.93. The molecule has 0 saturated carbocycles. The molecule has 0 unspecified atom stereocenters. The summed E-state index contributed by atoms with van der Waals surface area (Å²) in [5.41, 5.74) is 6.95. The molecular formula is C31H31BN2O2. The Morgan fingerprint density at radius 3 is 2.22 bits per heavy atom. The lowest BCUT2D eigenvalue weighted by atomic mass is 9.78. The maximum absolute atomic E-state index is 6.30. The van der Waals surface area contributed by atoms with Crippen LogP contribution in [0.5, 0.6) is 0 Å². The Bertz CT molecular complexity index is 1500. The molecule has 0 bridgehead atoms. The molecule has 4 aromatic rings. The molecule has 3 aromatic carbocycles. The Morgan fingerprint density at radius 1 is 0.778 bits per heavy atom. The first-order valence-corrected chi connectivity index (χ1v) is 12.7. The summed E-state index contributed by atoms with van der Waals surface area (Å²) in [5, 5.41) is 0. The normalized spacial score (nSPS) is 18.6. The highest BCUT2D eigenvalue weighted by Crippen LogP contribution is 2.37. The number of hydrogen-bond donors (Lipinski definition) is 0. The molecule has 5 heteroatoms. The molecule has 6 rings (SSSR count). The summed E-state index contributed by atoms with van der Waals surface area (Å²) in [6.45, 7) is 8.35. The minimum Gasteiger partial charge on any atom is -0.399 e. The van der Waals surface area contributed by atoms with Crippen molar-refractivity contribution in [2.45, 2.75) is 51.7 Å². The lowest BCUT2D eigenvalue weighted by molar-refractivity contribution is 0.00578. The highest BCUT2D eigenvalue weighted by molar-refractivity contribution is 6.62. The summed E-state index contributed by atoms with van der Waals surface area (Å²) in [7, 11) is -0.382. The van der Waals surface area contributed by atoms with Crippen molar-refractivity contribution in [3.8, 4) is 22.5 Å². The molecule has 1 aliphatic heterocycles. The standard InChI is InChI=1S/C31H31BN2O2/c1-30(2)31(3,4)36-32(35-30)25-15-11-13-23(21-25)22-12-10-14-24(20-22)29-33-27-18-8-9-19-28(27)34(29)26-16-6-5-7-17-26/h6,8-21H,5,7H2,1-4H3. The molecule has 0 N–H and O–H groups in total. The molecule has 36 heavy (non-hydrogen) atoms. The number of rotatable bonds is 4. The Balaban J connectivity index is 1.41. The van der Waals surface area contributed by atoms with E-state index in [4.69, 9.17) is 14.3 Å². The van der Waals surface area contributed by atoms with Gasteiger partial charge in [-0.25, -0.2) is 4.98 Å². The summed E-state index contributed by atoms with van der Waals surface area (Å²) in [5.74, 6) is 0.956. The molecule has 0 radical (unpaired) electrons. The lowest BCUT2D eigenvalue weighted by Gasteiger charge is -2.32. The van der Waals surface area contributed by atoms with Gasteiger partial charge in [-0.1, -0.05) is 66.7 Å². The van der Waals surface area contributed by atoms with Crippen LogP contribution in [0.4, 0.5) is 0 Å². The summed E-state index contributed by atoms with van der Waals surface area (Å²) in [6.07, 6.45) is 8.88. The van der Waals surface area contributed by atoms with E-state index in [1.54, 1.807) is 0 Å². The van der Waals surface area contributed by atoms with Gasteiger partial charge in [0.2, 0.25) is 0 Å². The summed E-state index contributed by atoms with van der Waals surface area (Å²) in [6, 6.07) is 25.5. The van der Waals surface area contributed by atoms with Crippen LogP contribution in [-0.2, 0) is 9.31 Å². The molecule has 2 aliphatic rings. The van der Waals surface area contributed by atoms with Gasteiger partial charge in [0.15, 0.2) is 0 Å². The molecule has 2 heterocycles. The minimum atomic E-state index is -0.382. The third-order valence-electron chi connectivity index (χ3n) is 7.66. The number of aromatic nitrogens is 2. The number of hydrogen-bond acceptors (Lipinski definition) is 3. The fourth-order valence-corrected chi connectivity index (χ4v) is 4.93. The summed E-state index contributed by atoms with van der Waals surface area (Å²) >= 11 is 0. The minimum absolute atomic E-state index is 0.366. The van der Waals surface area contributed by atoms with E-state index in [0.29, 0.717) is 0 Å². The van der Waals surface area contributed by atoms with Crippen LogP contribution in [0.25, 0.3) is 39.2 Å². The number of allylic oxidation sites excluding steroid dienone is 4. The van der Waals surface area contributed by atoms with Crippen molar-refractivity contribution in [2.24, 2.45) is 0 Å². The van der Waals surface area contributed by atoms with Gasteiger partial charge in [0.25, 0.3) is 0 Å². The van der Waals surface area contributed by atoms with E-state index in [1.807, 2.05) is 6.07 Å². The highest BCUT2D eigenvalue weighted by atomic mass is 16.7. The van der Waals surface area contributed by atoms with Crippen molar-refractivity contribution in [2.75, 3.05) is 0 Å². The van der Waals surface area contributed by atoms with Crippen molar-refractivity contribution in [1.82, 2.24) is 9.55 Å². The predicted molar refractivity (Wildman–Crippen MR) is 149 cm³/mol. The second-order valence-corrected chi connectivity index (χ2v) is 10.7. The van der Waals surface area contributed by atoms with Crippen LogP contribution in [0.15, 0.2) is 91.0 Å². The molecule has 4 nitrogen and oxygen atoms in total. The van der Waals surface area contributed by atoms with Gasteiger partial charge in [0.1, 0.15) is 5.82 Å². The smallest absolute Gasteiger partial charge is 0.399 e. The lowest BCUT2D eigenvalue weighted by Crippen LogP contribution is -2.41. The van der Waals surface area contributed by atoms with E-state index in [-0.39, 0.29) is 18.3 Å². The largest absolute Gasteiger partial charge is 0.494 e. The predicted octanol–water partition coefficient (Wildman–Crippen LogP) is 6.86. The van der Waals surface area contributed by atoms with Gasteiger partial charge in [-0.05, 0) is 81.4 Å². The average molecular weight is 474 g/mol. The second kappa shape index (κ2) is 8.61. The molecule has 0 amide bonds. The zero-order valence-corrected chi connectivity index (χ0v) is 21.4. The number of nitrogens with zero attached hydrogens (tertiary/aromatic N) is 2. The fourth-order valence-electron chi connectivity index (χ4n) is 4.93. The number of para-hydroxylation sites is 2. The highest BCUT2D eigenvalue weighted by Gasteiger charge is 2.51. The van der Waals surface area contributed by atoms with Gasteiger partial charge >= 0.3 is 7.12 Å². The van der Waals surface area contributed by atoms with Crippen molar-refractivity contribution >= 4 is 29.3 Å². The first-order chi connectivity index (χ1) is 17.3.